The van der Waals surface area contributed by atoms with Crippen molar-refractivity contribution in [3.63, 3.8) is 0 Å². The molecule has 1 rings (SSSR count). The van der Waals surface area contributed by atoms with Gasteiger partial charge in [-0.15, -0.1) is 0 Å². The van der Waals surface area contributed by atoms with E-state index >= 15 is 0 Å². The van der Waals surface area contributed by atoms with Crippen LogP contribution in [0.15, 0.2) is 0 Å². The van der Waals surface area contributed by atoms with Crippen molar-refractivity contribution in [1.29, 1.82) is 0 Å². The molecule has 0 unspecified atom stereocenters. The van der Waals surface area contributed by atoms with Gasteiger partial charge < -0.3 is 9.84 Å². The van der Waals surface area contributed by atoms with E-state index in [1.165, 1.54) is 0 Å². The summed E-state index contributed by atoms with van der Waals surface area (Å²) in [6, 6.07) is 0. The van der Waals surface area contributed by atoms with Crippen molar-refractivity contribution < 1.29 is 30.9 Å². The van der Waals surface area contributed by atoms with Gasteiger partial charge in [0.1, 0.15) is 0 Å². The normalized spacial score (nSPS) is 35.2. The minimum absolute atomic E-state index is 0. The Labute approximate surface area is 63.5 Å². The maximum atomic E-state index is 8.67. The predicted molar refractivity (Wildman–Crippen MR) is 26.0 cm³/mol. The van der Waals surface area contributed by atoms with Crippen LogP contribution in [0, 0.1) is 0 Å². The molecule has 1 fully saturated rings. The summed E-state index contributed by atoms with van der Waals surface area (Å²) in [7, 11) is 1.68. The monoisotopic (exact) mass is 286 g/mol. The van der Waals surface area contributed by atoms with Crippen molar-refractivity contribution in [2.24, 2.45) is 0 Å². The first-order valence-electron chi connectivity index (χ1n) is 2.54. The summed E-state index contributed by atoms with van der Waals surface area (Å²) in [5.74, 6) is 0. The molecular formula is C5H10O2W. The van der Waals surface area contributed by atoms with Gasteiger partial charge >= 0.3 is 0 Å². The molecule has 0 amide bonds. The van der Waals surface area contributed by atoms with Crippen LogP contribution < -0.4 is 0 Å². The number of aliphatic hydroxyl groups is 1. The topological polar surface area (TPSA) is 29.5 Å². The molecule has 8 heavy (non-hydrogen) atoms. The summed E-state index contributed by atoms with van der Waals surface area (Å²) in [4.78, 5) is 0. The quantitative estimate of drug-likeness (QED) is 0.744. The summed E-state index contributed by atoms with van der Waals surface area (Å²) >= 11 is 0. The Morgan fingerprint density at radius 2 is 2.00 bits per heavy atom. The molecule has 48 valence electrons. The number of ether oxygens (including phenoxy) is 1. The van der Waals surface area contributed by atoms with E-state index in [4.69, 9.17) is 9.84 Å². The Morgan fingerprint density at radius 1 is 1.50 bits per heavy atom. The van der Waals surface area contributed by atoms with Gasteiger partial charge in [0.25, 0.3) is 0 Å². The first-order valence-corrected chi connectivity index (χ1v) is 2.54. The van der Waals surface area contributed by atoms with Crippen LogP contribution in [-0.4, -0.2) is 24.4 Å². The molecule has 3 heteroatoms. The fourth-order valence-electron chi connectivity index (χ4n) is 0.730. The fraction of sp³-hybridized carbons (Fsp3) is 1.00. The van der Waals surface area contributed by atoms with Crippen LogP contribution in [0.5, 0.6) is 0 Å². The first kappa shape index (κ1) is 8.61. The van der Waals surface area contributed by atoms with Crippen molar-refractivity contribution in [1.82, 2.24) is 0 Å². The molecule has 0 radical (unpaired) electrons. The van der Waals surface area contributed by atoms with E-state index in [2.05, 4.69) is 0 Å². The zero-order valence-electron chi connectivity index (χ0n) is 4.83. The van der Waals surface area contributed by atoms with Gasteiger partial charge in [0.05, 0.1) is 12.2 Å². The average Bonchev–Trinajstić information content (AvgIpc) is 1.58. The average molecular weight is 286 g/mol. The molecule has 1 N–H and O–H groups in total. The van der Waals surface area contributed by atoms with Gasteiger partial charge in [-0.2, -0.15) is 0 Å². The second kappa shape index (κ2) is 3.60. The largest absolute Gasteiger partial charge is 0.393 e. The molecule has 0 aromatic rings. The van der Waals surface area contributed by atoms with Gasteiger partial charge in [0, 0.05) is 28.2 Å². The number of hydrogen-bond donors (Lipinski definition) is 1. The number of rotatable bonds is 1. The summed E-state index contributed by atoms with van der Waals surface area (Å²) in [6.07, 6.45) is 1.92. The van der Waals surface area contributed by atoms with Gasteiger partial charge in [0.15, 0.2) is 0 Å². The molecule has 0 aromatic heterocycles. The minimum atomic E-state index is -0.0788. The third-order valence-corrected chi connectivity index (χ3v) is 1.40. The van der Waals surface area contributed by atoms with Crippen LogP contribution in [-0.2, 0) is 25.8 Å². The van der Waals surface area contributed by atoms with Gasteiger partial charge in [-0.05, 0) is 12.8 Å². The summed E-state index contributed by atoms with van der Waals surface area (Å²) in [5, 5.41) is 8.67. The van der Waals surface area contributed by atoms with Crippen molar-refractivity contribution in [2.75, 3.05) is 7.11 Å². The Bertz CT molecular complexity index is 61.4. The minimum Gasteiger partial charge on any atom is -0.393 e. The van der Waals surface area contributed by atoms with E-state index in [-0.39, 0.29) is 27.2 Å². The molecule has 0 spiro atoms. The van der Waals surface area contributed by atoms with Gasteiger partial charge in [0.2, 0.25) is 0 Å². The Hall–Kier alpha value is 0.608. The molecule has 0 heterocycles. The van der Waals surface area contributed by atoms with Gasteiger partial charge in [-0.25, -0.2) is 0 Å². The van der Waals surface area contributed by atoms with Crippen LogP contribution in [0.1, 0.15) is 12.8 Å². The third kappa shape index (κ3) is 1.85. The second-order valence-electron chi connectivity index (χ2n) is 1.98. The molecule has 0 saturated heterocycles. The molecule has 0 aliphatic heterocycles. The molecule has 1 aliphatic rings. The predicted octanol–water partition coefficient (Wildman–Crippen LogP) is 0.154. The van der Waals surface area contributed by atoms with Crippen molar-refractivity contribution in [3.8, 4) is 0 Å². The standard InChI is InChI=1S/C5H10O2.W/c1-7-5-2-4(6)3-5;/h4-6H,2-3H2,1H3;. The van der Waals surface area contributed by atoms with Crippen LogP contribution >= 0.6 is 0 Å². The molecule has 0 atom stereocenters. The summed E-state index contributed by atoms with van der Waals surface area (Å²) in [5.41, 5.74) is 0. The Kier molecular flexibility index (Phi) is 3.87. The molecule has 0 aromatic carbocycles. The Balaban J connectivity index is 0.000000490. The van der Waals surface area contributed by atoms with Crippen molar-refractivity contribution in [3.05, 3.63) is 0 Å². The maximum Gasteiger partial charge on any atom is 0.0620 e. The number of aliphatic hydroxyl groups excluding tert-OH is 1. The molecular weight excluding hydrogens is 276 g/mol. The van der Waals surface area contributed by atoms with E-state index in [9.17, 15) is 0 Å². The van der Waals surface area contributed by atoms with Crippen LogP contribution in [0.2, 0.25) is 0 Å². The van der Waals surface area contributed by atoms with E-state index in [0.717, 1.165) is 12.8 Å². The van der Waals surface area contributed by atoms with E-state index in [0.29, 0.717) is 6.10 Å². The van der Waals surface area contributed by atoms with Crippen LogP contribution in [0.3, 0.4) is 0 Å². The Morgan fingerprint density at radius 3 is 2.12 bits per heavy atom. The fourth-order valence-corrected chi connectivity index (χ4v) is 0.730. The maximum absolute atomic E-state index is 8.67. The zero-order valence-corrected chi connectivity index (χ0v) is 7.77. The van der Waals surface area contributed by atoms with Crippen molar-refractivity contribution in [2.45, 2.75) is 25.0 Å². The van der Waals surface area contributed by atoms with Crippen LogP contribution in [0.4, 0.5) is 0 Å². The SMILES string of the molecule is COC1CC(O)C1.[W]. The van der Waals surface area contributed by atoms with Gasteiger partial charge in [-0.1, -0.05) is 0 Å². The van der Waals surface area contributed by atoms with Crippen LogP contribution in [0.25, 0.3) is 0 Å². The summed E-state index contributed by atoms with van der Waals surface area (Å²) < 4.78 is 4.90. The van der Waals surface area contributed by atoms with Crippen molar-refractivity contribution >= 4 is 0 Å². The smallest absolute Gasteiger partial charge is 0.0620 e. The molecule has 1 saturated carbocycles. The number of hydrogen-bond acceptors (Lipinski definition) is 2. The third-order valence-electron chi connectivity index (χ3n) is 1.40. The van der Waals surface area contributed by atoms with E-state index in [1.807, 2.05) is 0 Å². The summed E-state index contributed by atoms with van der Waals surface area (Å²) in [6.45, 7) is 0. The molecule has 2 nitrogen and oxygen atoms in total. The van der Waals surface area contributed by atoms with Gasteiger partial charge in [-0.3, -0.25) is 0 Å². The van der Waals surface area contributed by atoms with E-state index < -0.39 is 0 Å². The van der Waals surface area contributed by atoms with E-state index in [1.54, 1.807) is 7.11 Å². The molecule has 1 aliphatic carbocycles. The second-order valence-corrected chi connectivity index (χ2v) is 1.98. The zero-order chi connectivity index (χ0) is 5.28. The number of methoxy groups -OCH3 is 1. The first-order chi connectivity index (χ1) is 3.33. The molecule has 0 bridgehead atoms.